The molecule has 0 unspecified atom stereocenters. The molecule has 0 aromatic heterocycles. The standard InChI is InChI=1S/C3H6Cl2.Na.H/c4-2-1-3-5;;/h1-3H2;;/q;+1;-1. The van der Waals surface area contributed by atoms with E-state index in [2.05, 4.69) is 0 Å². The molecule has 0 heterocycles. The number of hydrogen-bond acceptors (Lipinski definition) is 0. The van der Waals surface area contributed by atoms with Crippen molar-refractivity contribution in [2.45, 2.75) is 6.42 Å². The summed E-state index contributed by atoms with van der Waals surface area (Å²) in [5.74, 6) is 1.37. The SMILES string of the molecule is ClCCCCl.[H-].[Na+]. The van der Waals surface area contributed by atoms with Gasteiger partial charge in [0.25, 0.3) is 0 Å². The van der Waals surface area contributed by atoms with Crippen LogP contribution in [0.3, 0.4) is 0 Å². The van der Waals surface area contributed by atoms with E-state index in [1.54, 1.807) is 0 Å². The van der Waals surface area contributed by atoms with E-state index in [0.717, 1.165) is 6.42 Å². The van der Waals surface area contributed by atoms with Crippen LogP contribution in [0.5, 0.6) is 0 Å². The van der Waals surface area contributed by atoms with Gasteiger partial charge in [0.15, 0.2) is 0 Å². The van der Waals surface area contributed by atoms with Crippen molar-refractivity contribution in [2.75, 3.05) is 11.8 Å². The van der Waals surface area contributed by atoms with Gasteiger partial charge in [-0.25, -0.2) is 0 Å². The van der Waals surface area contributed by atoms with Gasteiger partial charge in [-0.3, -0.25) is 0 Å². The van der Waals surface area contributed by atoms with Crippen molar-refractivity contribution in [3.8, 4) is 0 Å². The van der Waals surface area contributed by atoms with Crippen LogP contribution >= 0.6 is 23.2 Å². The molecule has 0 amide bonds. The number of hydrogen-bond donors (Lipinski definition) is 0. The van der Waals surface area contributed by atoms with Crippen LogP contribution in [-0.4, -0.2) is 11.8 Å². The molecule has 0 aromatic carbocycles. The molecule has 0 saturated heterocycles. The van der Waals surface area contributed by atoms with Crippen LogP contribution in [0, 0.1) is 0 Å². The molecule has 0 spiro atoms. The zero-order valence-electron chi connectivity index (χ0n) is 4.88. The Labute approximate surface area is 72.0 Å². The third-order valence-electron chi connectivity index (χ3n) is 0.267. The Morgan fingerprint density at radius 3 is 1.50 bits per heavy atom. The van der Waals surface area contributed by atoms with Gasteiger partial charge in [0.2, 0.25) is 0 Å². The Morgan fingerprint density at radius 1 is 1.17 bits per heavy atom. The molecule has 0 saturated carbocycles. The number of halogens is 2. The Kier molecular flexibility index (Phi) is 17.2. The van der Waals surface area contributed by atoms with Crippen LogP contribution in [0.1, 0.15) is 7.85 Å². The summed E-state index contributed by atoms with van der Waals surface area (Å²) in [6.07, 6.45) is 0.920. The second-order valence-electron chi connectivity index (χ2n) is 0.732. The smallest absolute Gasteiger partial charge is 1.00 e. The predicted octanol–water partition coefficient (Wildman–Crippen LogP) is -1.03. The van der Waals surface area contributed by atoms with Crippen LogP contribution in [0.2, 0.25) is 0 Å². The summed E-state index contributed by atoms with van der Waals surface area (Å²) in [4.78, 5) is 0. The van der Waals surface area contributed by atoms with Crippen molar-refractivity contribution >= 4 is 23.2 Å². The molecule has 3 heteroatoms. The molecule has 6 heavy (non-hydrogen) atoms. The van der Waals surface area contributed by atoms with Crippen molar-refractivity contribution in [2.24, 2.45) is 0 Å². The molecule has 0 atom stereocenters. The van der Waals surface area contributed by atoms with Crippen molar-refractivity contribution in [1.82, 2.24) is 0 Å². The molecule has 0 bridgehead atoms. The van der Waals surface area contributed by atoms with Crippen molar-refractivity contribution in [3.05, 3.63) is 0 Å². The van der Waals surface area contributed by atoms with Crippen LogP contribution in [0.4, 0.5) is 0 Å². The average molecular weight is 137 g/mol. The summed E-state index contributed by atoms with van der Waals surface area (Å²) in [5, 5.41) is 0. The van der Waals surface area contributed by atoms with Crippen molar-refractivity contribution in [1.29, 1.82) is 0 Å². The van der Waals surface area contributed by atoms with Gasteiger partial charge in [-0.15, -0.1) is 23.2 Å². The summed E-state index contributed by atoms with van der Waals surface area (Å²) in [6.45, 7) is 0. The average Bonchev–Trinajstić information content (AvgIpc) is 1.41. The molecule has 0 N–H and O–H groups in total. The third-order valence-corrected chi connectivity index (χ3v) is 0.802. The fourth-order valence-electron chi connectivity index (χ4n) is 0.0505. The van der Waals surface area contributed by atoms with E-state index in [4.69, 9.17) is 23.2 Å². The maximum atomic E-state index is 5.22. The second kappa shape index (κ2) is 9.77. The van der Waals surface area contributed by atoms with E-state index in [0.29, 0.717) is 11.8 Å². The van der Waals surface area contributed by atoms with Gasteiger partial charge >= 0.3 is 29.6 Å². The summed E-state index contributed by atoms with van der Waals surface area (Å²) in [5.41, 5.74) is 0. The molecule has 0 fully saturated rings. The Morgan fingerprint density at radius 2 is 1.50 bits per heavy atom. The fraction of sp³-hybridized carbons (Fsp3) is 1.00. The van der Waals surface area contributed by atoms with Gasteiger partial charge in [-0.1, -0.05) is 0 Å². The quantitative estimate of drug-likeness (QED) is 0.337. The first-order chi connectivity index (χ1) is 2.41. The number of alkyl halides is 2. The molecule has 0 aliphatic rings. The Bertz CT molecular complexity index is 20.4. The minimum absolute atomic E-state index is 0. The minimum Gasteiger partial charge on any atom is -1.00 e. The first-order valence-electron chi connectivity index (χ1n) is 1.53. The zero-order chi connectivity index (χ0) is 4.12. The molecule has 0 rings (SSSR count). The molecule has 0 aliphatic heterocycles. The largest absolute Gasteiger partial charge is 1.00 e. The molecule has 0 aliphatic carbocycles. The number of rotatable bonds is 2. The van der Waals surface area contributed by atoms with E-state index < -0.39 is 0 Å². The molecule has 34 valence electrons. The molecular weight excluding hydrogens is 130 g/mol. The summed E-state index contributed by atoms with van der Waals surface area (Å²) >= 11 is 10.4. The molecule has 0 nitrogen and oxygen atoms in total. The normalized spacial score (nSPS) is 7.00. The zero-order valence-corrected chi connectivity index (χ0v) is 7.39. The Hall–Kier alpha value is 1.58. The van der Waals surface area contributed by atoms with E-state index in [-0.39, 0.29) is 31.0 Å². The summed E-state index contributed by atoms with van der Waals surface area (Å²) in [7, 11) is 0. The van der Waals surface area contributed by atoms with Crippen molar-refractivity contribution in [3.63, 3.8) is 0 Å². The van der Waals surface area contributed by atoms with Crippen LogP contribution < -0.4 is 29.6 Å². The predicted molar refractivity (Wildman–Crippen MR) is 27.2 cm³/mol. The van der Waals surface area contributed by atoms with Crippen LogP contribution in [0.15, 0.2) is 0 Å². The molecular formula is C3H7Cl2Na. The maximum Gasteiger partial charge on any atom is 1.00 e. The van der Waals surface area contributed by atoms with Gasteiger partial charge < -0.3 is 1.43 Å². The van der Waals surface area contributed by atoms with Gasteiger partial charge in [-0.05, 0) is 6.42 Å². The maximum absolute atomic E-state index is 5.22. The van der Waals surface area contributed by atoms with Gasteiger partial charge in [0.1, 0.15) is 0 Å². The van der Waals surface area contributed by atoms with E-state index in [1.165, 1.54) is 0 Å². The van der Waals surface area contributed by atoms with E-state index in [1.807, 2.05) is 0 Å². The monoisotopic (exact) mass is 136 g/mol. The molecule has 0 aromatic rings. The van der Waals surface area contributed by atoms with E-state index >= 15 is 0 Å². The second-order valence-corrected chi connectivity index (χ2v) is 1.49. The minimum atomic E-state index is 0. The summed E-state index contributed by atoms with van der Waals surface area (Å²) < 4.78 is 0. The van der Waals surface area contributed by atoms with Crippen LogP contribution in [0.25, 0.3) is 0 Å². The summed E-state index contributed by atoms with van der Waals surface area (Å²) in [6, 6.07) is 0. The fourth-order valence-corrected chi connectivity index (χ4v) is 0.455. The van der Waals surface area contributed by atoms with Gasteiger partial charge in [0, 0.05) is 11.8 Å². The van der Waals surface area contributed by atoms with Gasteiger partial charge in [0.05, 0.1) is 0 Å². The Balaban J connectivity index is -0.0000000800. The molecule has 0 radical (unpaired) electrons. The first-order valence-corrected chi connectivity index (χ1v) is 2.60. The first kappa shape index (κ1) is 10.5. The topological polar surface area (TPSA) is 0 Å². The van der Waals surface area contributed by atoms with E-state index in [9.17, 15) is 0 Å². The van der Waals surface area contributed by atoms with Crippen molar-refractivity contribution < 1.29 is 31.0 Å². The third kappa shape index (κ3) is 9.13. The van der Waals surface area contributed by atoms with Gasteiger partial charge in [-0.2, -0.15) is 0 Å². The van der Waals surface area contributed by atoms with Crippen LogP contribution in [-0.2, 0) is 0 Å².